The van der Waals surface area contributed by atoms with Crippen LogP contribution in [0.25, 0.3) is 0 Å². The molecule has 0 amide bonds. The van der Waals surface area contributed by atoms with Crippen LogP contribution < -0.4 is 4.31 Å². The molecule has 0 spiro atoms. The zero-order valence-electron chi connectivity index (χ0n) is 13.6. The maximum absolute atomic E-state index is 13.2. The van der Waals surface area contributed by atoms with E-state index < -0.39 is 16.1 Å². The Hall–Kier alpha value is -2.64. The molecule has 6 nitrogen and oxygen atoms in total. The first kappa shape index (κ1) is 15.9. The Kier molecular flexibility index (Phi) is 3.63. The molecule has 1 N–H and O–H groups in total. The predicted molar refractivity (Wildman–Crippen MR) is 93.9 cm³/mol. The highest BCUT2D eigenvalue weighted by Gasteiger charge is 2.37. The number of anilines is 1. The highest BCUT2D eigenvalue weighted by atomic mass is 32.2. The number of hydrogen-bond donors (Lipinski definition) is 1. The molecule has 0 bridgehead atoms. The molecular formula is C18H17N3O3S. The second-order valence-electron chi connectivity index (χ2n) is 5.98. The monoisotopic (exact) mass is 355 g/mol. The van der Waals surface area contributed by atoms with Gasteiger partial charge < -0.3 is 5.11 Å². The summed E-state index contributed by atoms with van der Waals surface area (Å²) >= 11 is 0. The van der Waals surface area contributed by atoms with Gasteiger partial charge in [-0.05, 0) is 11.6 Å². The molecule has 1 aromatic heterocycles. The first-order valence-corrected chi connectivity index (χ1v) is 9.29. The fourth-order valence-electron chi connectivity index (χ4n) is 3.16. The van der Waals surface area contributed by atoms with Gasteiger partial charge in [0.2, 0.25) is 0 Å². The summed E-state index contributed by atoms with van der Waals surface area (Å²) in [4.78, 5) is 0. The molecule has 1 unspecified atom stereocenters. The van der Waals surface area contributed by atoms with Gasteiger partial charge in [0.25, 0.3) is 10.0 Å². The van der Waals surface area contributed by atoms with Gasteiger partial charge in [0.15, 0.2) is 5.03 Å². The summed E-state index contributed by atoms with van der Waals surface area (Å²) in [6.07, 6.45) is 0.395. The van der Waals surface area contributed by atoms with Gasteiger partial charge in [0.1, 0.15) is 6.10 Å². The summed E-state index contributed by atoms with van der Waals surface area (Å²) in [6, 6.07) is 16.5. The van der Waals surface area contributed by atoms with Crippen LogP contribution >= 0.6 is 0 Å². The topological polar surface area (TPSA) is 75.4 Å². The van der Waals surface area contributed by atoms with Gasteiger partial charge in [-0.25, -0.2) is 4.68 Å². The molecule has 2 aromatic carbocycles. The third-order valence-electron chi connectivity index (χ3n) is 4.46. The van der Waals surface area contributed by atoms with E-state index in [1.54, 1.807) is 24.3 Å². The molecule has 1 aliphatic rings. The minimum atomic E-state index is -3.84. The van der Waals surface area contributed by atoms with Gasteiger partial charge >= 0.3 is 0 Å². The lowest BCUT2D eigenvalue weighted by Gasteiger charge is -2.20. The van der Waals surface area contributed by atoms with Crippen LogP contribution in [0.15, 0.2) is 65.8 Å². The van der Waals surface area contributed by atoms with Crippen molar-refractivity contribution in [3.63, 3.8) is 0 Å². The standard InChI is InChI=1S/C18H17N3O3S/c1-20-16-10-6-5-9-14(16)17(22)15-11-19-21(18(15)25(20,23)24)12-13-7-3-2-4-8-13/h2-11,17,22H,12H2,1H3. The Labute approximate surface area is 146 Å². The number of aliphatic hydroxyl groups excluding tert-OH is 1. The number of aliphatic hydroxyl groups is 1. The van der Waals surface area contributed by atoms with Gasteiger partial charge in [0, 0.05) is 18.2 Å². The highest BCUT2D eigenvalue weighted by molar-refractivity contribution is 7.92. The quantitative estimate of drug-likeness (QED) is 0.764. The number of aromatic nitrogens is 2. The van der Waals surface area contributed by atoms with E-state index in [1.807, 2.05) is 30.3 Å². The second kappa shape index (κ2) is 5.72. The summed E-state index contributed by atoms with van der Waals surface area (Å²) in [5.41, 5.74) is 2.25. The van der Waals surface area contributed by atoms with Crippen LogP contribution in [0.3, 0.4) is 0 Å². The summed E-state index contributed by atoms with van der Waals surface area (Å²) in [5, 5.41) is 15.0. The van der Waals surface area contributed by atoms with Gasteiger partial charge in [-0.3, -0.25) is 4.31 Å². The minimum Gasteiger partial charge on any atom is -0.383 e. The summed E-state index contributed by atoms with van der Waals surface area (Å²) in [7, 11) is -2.34. The Bertz CT molecular complexity index is 1030. The van der Waals surface area contributed by atoms with E-state index in [0.717, 1.165) is 5.56 Å². The highest BCUT2D eigenvalue weighted by Crippen LogP contribution is 2.39. The first-order chi connectivity index (χ1) is 12.0. The average Bonchev–Trinajstić information content (AvgIpc) is 3.03. The van der Waals surface area contributed by atoms with Crippen LogP contribution in [-0.2, 0) is 16.6 Å². The molecule has 3 aromatic rings. The molecule has 1 atom stereocenters. The average molecular weight is 355 g/mol. The van der Waals surface area contributed by atoms with E-state index >= 15 is 0 Å². The second-order valence-corrected chi connectivity index (χ2v) is 7.87. The molecule has 2 heterocycles. The van der Waals surface area contributed by atoms with Gasteiger partial charge in [-0.2, -0.15) is 13.5 Å². The molecule has 0 radical (unpaired) electrons. The van der Waals surface area contributed by atoms with Gasteiger partial charge in [-0.1, -0.05) is 48.5 Å². The molecule has 1 aliphatic heterocycles. The maximum atomic E-state index is 13.2. The molecule has 128 valence electrons. The van der Waals surface area contributed by atoms with Gasteiger partial charge in [-0.15, -0.1) is 0 Å². The van der Waals surface area contributed by atoms with E-state index in [4.69, 9.17) is 0 Å². The number of benzene rings is 2. The first-order valence-electron chi connectivity index (χ1n) is 7.85. The van der Waals surface area contributed by atoms with Crippen molar-refractivity contribution >= 4 is 15.7 Å². The van der Waals surface area contributed by atoms with E-state index in [-0.39, 0.29) is 5.03 Å². The number of para-hydroxylation sites is 1. The van der Waals surface area contributed by atoms with Crippen molar-refractivity contribution in [1.82, 2.24) is 9.78 Å². The Morgan fingerprint density at radius 3 is 2.48 bits per heavy atom. The molecule has 0 aliphatic carbocycles. The van der Waals surface area contributed by atoms with E-state index in [9.17, 15) is 13.5 Å². The maximum Gasteiger partial charge on any atom is 0.281 e. The zero-order chi connectivity index (χ0) is 17.6. The molecule has 7 heteroatoms. The smallest absolute Gasteiger partial charge is 0.281 e. The normalized spacial score (nSPS) is 18.3. The Morgan fingerprint density at radius 2 is 1.72 bits per heavy atom. The molecular weight excluding hydrogens is 338 g/mol. The number of hydrogen-bond acceptors (Lipinski definition) is 4. The fourth-order valence-corrected chi connectivity index (χ4v) is 4.68. The SMILES string of the molecule is CN1c2ccccc2C(O)c2cnn(Cc3ccccc3)c2S1(=O)=O. The zero-order valence-corrected chi connectivity index (χ0v) is 14.4. The largest absolute Gasteiger partial charge is 0.383 e. The van der Waals surface area contributed by atoms with Crippen molar-refractivity contribution in [3.05, 3.63) is 77.5 Å². The van der Waals surface area contributed by atoms with Crippen molar-refractivity contribution < 1.29 is 13.5 Å². The Morgan fingerprint density at radius 1 is 1.04 bits per heavy atom. The number of nitrogens with zero attached hydrogens (tertiary/aromatic N) is 3. The fraction of sp³-hybridized carbons (Fsp3) is 0.167. The molecule has 0 saturated heterocycles. The van der Waals surface area contributed by atoms with Gasteiger partial charge in [0.05, 0.1) is 18.4 Å². The molecule has 4 rings (SSSR count). The van der Waals surface area contributed by atoms with Crippen molar-refractivity contribution in [2.75, 3.05) is 11.4 Å². The molecule has 0 saturated carbocycles. The predicted octanol–water partition coefficient (Wildman–Crippen LogP) is 2.15. The summed E-state index contributed by atoms with van der Waals surface area (Å²) in [5.74, 6) is 0. The number of rotatable bonds is 2. The van der Waals surface area contributed by atoms with Crippen LogP contribution in [0.4, 0.5) is 5.69 Å². The lowest BCUT2D eigenvalue weighted by molar-refractivity contribution is 0.217. The van der Waals surface area contributed by atoms with Crippen LogP contribution in [-0.4, -0.2) is 30.4 Å². The van der Waals surface area contributed by atoms with Crippen molar-refractivity contribution in [2.45, 2.75) is 17.7 Å². The third-order valence-corrected chi connectivity index (χ3v) is 6.32. The van der Waals surface area contributed by atoms with E-state index in [1.165, 1.54) is 22.2 Å². The Balaban J connectivity index is 1.91. The lowest BCUT2D eigenvalue weighted by Crippen LogP contribution is -2.29. The van der Waals surface area contributed by atoms with Crippen LogP contribution in [0, 0.1) is 0 Å². The van der Waals surface area contributed by atoms with Crippen molar-refractivity contribution in [3.8, 4) is 0 Å². The molecule has 25 heavy (non-hydrogen) atoms. The number of sulfonamides is 1. The van der Waals surface area contributed by atoms with Crippen molar-refractivity contribution in [1.29, 1.82) is 0 Å². The molecule has 0 fully saturated rings. The van der Waals surface area contributed by atoms with Crippen molar-refractivity contribution in [2.24, 2.45) is 0 Å². The van der Waals surface area contributed by atoms with E-state index in [0.29, 0.717) is 23.4 Å². The lowest BCUT2D eigenvalue weighted by atomic mass is 10.0. The minimum absolute atomic E-state index is 0.0301. The van der Waals surface area contributed by atoms with Crippen LogP contribution in [0.1, 0.15) is 22.8 Å². The summed E-state index contributed by atoms with van der Waals surface area (Å²) in [6.45, 7) is 0.312. The number of fused-ring (bicyclic) bond motifs is 2. The van der Waals surface area contributed by atoms with Crippen LogP contribution in [0.5, 0.6) is 0 Å². The van der Waals surface area contributed by atoms with E-state index in [2.05, 4.69) is 5.10 Å². The summed E-state index contributed by atoms with van der Waals surface area (Å²) < 4.78 is 29.0. The van der Waals surface area contributed by atoms with Crippen LogP contribution in [0.2, 0.25) is 0 Å². The third kappa shape index (κ3) is 2.43.